The van der Waals surface area contributed by atoms with Gasteiger partial charge in [0.15, 0.2) is 0 Å². The van der Waals surface area contributed by atoms with Crippen LogP contribution in [0.2, 0.25) is 0 Å². The second-order valence-electron chi connectivity index (χ2n) is 6.78. The Labute approximate surface area is 173 Å². The van der Waals surface area contributed by atoms with E-state index >= 15 is 0 Å². The first kappa shape index (κ1) is 18.8. The Morgan fingerprint density at radius 3 is 2.46 bits per heavy atom. The molecule has 0 amide bonds. The van der Waals surface area contributed by atoms with Crippen molar-refractivity contribution >= 4 is 23.1 Å². The van der Waals surface area contributed by atoms with Crippen LogP contribution in [0.3, 0.4) is 0 Å². The molecule has 0 spiro atoms. The lowest BCUT2D eigenvalue weighted by molar-refractivity contribution is 0.935. The molecule has 0 fully saturated rings. The van der Waals surface area contributed by atoms with Gasteiger partial charge >= 0.3 is 0 Å². The molecule has 28 heavy (non-hydrogen) atoms. The number of thiazole rings is 1. The van der Waals surface area contributed by atoms with Gasteiger partial charge in [-0.15, -0.1) is 21.5 Å². The lowest BCUT2D eigenvalue weighted by Gasteiger charge is -2.06. The van der Waals surface area contributed by atoms with Gasteiger partial charge in [-0.1, -0.05) is 65.9 Å². The van der Waals surface area contributed by atoms with E-state index in [-0.39, 0.29) is 0 Å². The normalized spacial score (nSPS) is 11.0. The van der Waals surface area contributed by atoms with E-state index in [4.69, 9.17) is 4.98 Å². The number of thioether (sulfide) groups is 1. The molecule has 0 aliphatic rings. The van der Waals surface area contributed by atoms with Gasteiger partial charge in [0, 0.05) is 11.3 Å². The Morgan fingerprint density at radius 1 is 0.893 bits per heavy atom. The van der Waals surface area contributed by atoms with Crippen LogP contribution in [0.1, 0.15) is 22.4 Å². The Balaban J connectivity index is 1.51. The Kier molecular flexibility index (Phi) is 5.55. The van der Waals surface area contributed by atoms with E-state index in [9.17, 15) is 0 Å². The SMILES string of the molecule is Cc1ccc(C)c(CSc2ccc(-c3sc(-c4ccccc4)nc3C)nn2)c1. The highest BCUT2D eigenvalue weighted by Gasteiger charge is 2.13. The van der Waals surface area contributed by atoms with Crippen molar-refractivity contribution in [2.45, 2.75) is 31.6 Å². The number of aromatic nitrogens is 3. The molecule has 2 heterocycles. The molecule has 4 rings (SSSR count). The molecule has 0 saturated carbocycles. The molecule has 0 radical (unpaired) electrons. The molecule has 0 unspecified atom stereocenters. The van der Waals surface area contributed by atoms with E-state index in [0.717, 1.165) is 37.6 Å². The molecule has 5 heteroatoms. The number of hydrogen-bond acceptors (Lipinski definition) is 5. The summed E-state index contributed by atoms with van der Waals surface area (Å²) < 4.78 is 0. The van der Waals surface area contributed by atoms with Crippen molar-refractivity contribution in [2.75, 3.05) is 0 Å². The Morgan fingerprint density at radius 2 is 1.71 bits per heavy atom. The van der Waals surface area contributed by atoms with Gasteiger partial charge in [0.05, 0.1) is 10.6 Å². The highest BCUT2D eigenvalue weighted by Crippen LogP contribution is 2.34. The van der Waals surface area contributed by atoms with Crippen LogP contribution in [0.25, 0.3) is 21.1 Å². The molecule has 4 aromatic rings. The summed E-state index contributed by atoms with van der Waals surface area (Å²) >= 11 is 3.39. The van der Waals surface area contributed by atoms with Crippen LogP contribution in [0.5, 0.6) is 0 Å². The minimum absolute atomic E-state index is 0.883. The highest BCUT2D eigenvalue weighted by molar-refractivity contribution is 7.98. The zero-order chi connectivity index (χ0) is 19.5. The maximum Gasteiger partial charge on any atom is 0.124 e. The van der Waals surface area contributed by atoms with E-state index in [1.54, 1.807) is 23.1 Å². The van der Waals surface area contributed by atoms with Gasteiger partial charge in [-0.2, -0.15) is 0 Å². The van der Waals surface area contributed by atoms with Crippen LogP contribution in [-0.2, 0) is 5.75 Å². The maximum absolute atomic E-state index is 4.72. The Bertz CT molecular complexity index is 1090. The standard InChI is InChI=1S/C23H21N3S2/c1-15-9-10-16(2)19(13-15)14-27-21-12-11-20(25-26-21)22-17(3)24-23(28-22)18-7-5-4-6-8-18/h4-13H,14H2,1-3H3. The van der Waals surface area contributed by atoms with Gasteiger partial charge in [0.1, 0.15) is 15.7 Å². The molecule has 140 valence electrons. The number of nitrogens with zero attached hydrogens (tertiary/aromatic N) is 3. The van der Waals surface area contributed by atoms with Crippen molar-refractivity contribution in [3.63, 3.8) is 0 Å². The van der Waals surface area contributed by atoms with Gasteiger partial charge in [-0.3, -0.25) is 0 Å². The minimum atomic E-state index is 0.883. The first-order chi connectivity index (χ1) is 13.6. The first-order valence-corrected chi connectivity index (χ1v) is 11.0. The van der Waals surface area contributed by atoms with E-state index in [0.29, 0.717) is 0 Å². The molecule has 0 saturated heterocycles. The van der Waals surface area contributed by atoms with Crippen LogP contribution >= 0.6 is 23.1 Å². The van der Waals surface area contributed by atoms with Gasteiger partial charge in [-0.25, -0.2) is 4.98 Å². The summed E-state index contributed by atoms with van der Waals surface area (Å²) in [6.45, 7) is 6.31. The average molecular weight is 404 g/mol. The third kappa shape index (κ3) is 4.16. The summed E-state index contributed by atoms with van der Waals surface area (Å²) in [5, 5.41) is 10.9. The van der Waals surface area contributed by atoms with Crippen LogP contribution < -0.4 is 0 Å². The maximum atomic E-state index is 4.72. The Hall–Kier alpha value is -2.50. The van der Waals surface area contributed by atoms with Crippen molar-refractivity contribution < 1.29 is 0 Å². The predicted molar refractivity (Wildman–Crippen MR) is 119 cm³/mol. The summed E-state index contributed by atoms with van der Waals surface area (Å²) in [4.78, 5) is 5.80. The molecule has 0 aliphatic heterocycles. The van der Waals surface area contributed by atoms with Crippen LogP contribution in [0.4, 0.5) is 0 Å². The van der Waals surface area contributed by atoms with E-state index < -0.39 is 0 Å². The summed E-state index contributed by atoms with van der Waals surface area (Å²) in [5.41, 5.74) is 6.97. The second kappa shape index (κ2) is 8.25. The lowest BCUT2D eigenvalue weighted by Crippen LogP contribution is -1.91. The third-order valence-electron chi connectivity index (χ3n) is 4.57. The van der Waals surface area contributed by atoms with E-state index in [2.05, 4.69) is 60.4 Å². The molecule has 0 aliphatic carbocycles. The molecule has 2 aromatic heterocycles. The van der Waals surface area contributed by atoms with E-state index in [1.165, 1.54) is 16.7 Å². The second-order valence-corrected chi connectivity index (χ2v) is 8.77. The zero-order valence-corrected chi connectivity index (χ0v) is 17.8. The van der Waals surface area contributed by atoms with Crippen molar-refractivity contribution in [3.05, 3.63) is 83.0 Å². The van der Waals surface area contributed by atoms with Gasteiger partial charge < -0.3 is 0 Å². The minimum Gasteiger partial charge on any atom is -0.241 e. The number of benzene rings is 2. The molecule has 0 bridgehead atoms. The largest absolute Gasteiger partial charge is 0.241 e. The highest BCUT2D eigenvalue weighted by atomic mass is 32.2. The molecule has 0 N–H and O–H groups in total. The van der Waals surface area contributed by atoms with Crippen LogP contribution in [0.15, 0.2) is 65.7 Å². The van der Waals surface area contributed by atoms with Gasteiger partial charge in [0.25, 0.3) is 0 Å². The number of aryl methyl sites for hydroxylation is 3. The summed E-state index contributed by atoms with van der Waals surface area (Å²) in [7, 11) is 0. The summed E-state index contributed by atoms with van der Waals surface area (Å²) in [5.74, 6) is 0.902. The van der Waals surface area contributed by atoms with Crippen molar-refractivity contribution in [1.29, 1.82) is 0 Å². The van der Waals surface area contributed by atoms with Crippen molar-refractivity contribution in [2.24, 2.45) is 0 Å². The fourth-order valence-electron chi connectivity index (χ4n) is 2.96. The first-order valence-electron chi connectivity index (χ1n) is 9.16. The summed E-state index contributed by atoms with van der Waals surface area (Å²) in [6.07, 6.45) is 0. The molecule has 3 nitrogen and oxygen atoms in total. The van der Waals surface area contributed by atoms with Crippen LogP contribution in [0, 0.1) is 20.8 Å². The van der Waals surface area contributed by atoms with Gasteiger partial charge in [-0.05, 0) is 44.0 Å². The van der Waals surface area contributed by atoms with Crippen LogP contribution in [-0.4, -0.2) is 15.2 Å². The molecular formula is C23H21N3S2. The fourth-order valence-corrected chi connectivity index (χ4v) is 4.88. The smallest absolute Gasteiger partial charge is 0.124 e. The lowest BCUT2D eigenvalue weighted by atomic mass is 10.1. The summed E-state index contributed by atoms with van der Waals surface area (Å²) in [6, 6.07) is 20.9. The molecular weight excluding hydrogens is 382 g/mol. The quantitative estimate of drug-likeness (QED) is 0.357. The monoisotopic (exact) mass is 403 g/mol. The molecule has 0 atom stereocenters. The van der Waals surface area contributed by atoms with E-state index in [1.807, 2.05) is 31.2 Å². The third-order valence-corrected chi connectivity index (χ3v) is 6.77. The van der Waals surface area contributed by atoms with Gasteiger partial charge in [0.2, 0.25) is 0 Å². The fraction of sp³-hybridized carbons (Fsp3) is 0.174. The topological polar surface area (TPSA) is 38.7 Å². The van der Waals surface area contributed by atoms with Crippen molar-refractivity contribution in [1.82, 2.24) is 15.2 Å². The zero-order valence-electron chi connectivity index (χ0n) is 16.1. The molecule has 2 aromatic carbocycles. The predicted octanol–water partition coefficient (Wildman–Crippen LogP) is 6.48. The van der Waals surface area contributed by atoms with Crippen molar-refractivity contribution in [3.8, 4) is 21.1 Å². The average Bonchev–Trinajstić information content (AvgIpc) is 3.11. The number of hydrogen-bond donors (Lipinski definition) is 0. The number of rotatable bonds is 5.